The lowest BCUT2D eigenvalue weighted by atomic mass is 10.3. The second-order valence-electron chi connectivity index (χ2n) is 2.86. The Balaban J connectivity index is 2.56. The van der Waals surface area contributed by atoms with Crippen LogP contribution in [-0.4, -0.2) is 35.5 Å². The Morgan fingerprint density at radius 2 is 2.47 bits per heavy atom. The molecule has 1 rings (SSSR count). The van der Waals surface area contributed by atoms with E-state index in [1.54, 1.807) is 24.9 Å². The molecular weight excluding hydrogens is 212 g/mol. The van der Waals surface area contributed by atoms with Gasteiger partial charge in [0.2, 0.25) is 0 Å². The summed E-state index contributed by atoms with van der Waals surface area (Å²) in [7, 11) is 1.67. The number of nitrogens with one attached hydrogen (secondary N) is 1. The minimum atomic E-state index is 0.0270. The Morgan fingerprint density at radius 3 is 3.13 bits per heavy atom. The molecule has 0 amide bonds. The average Bonchev–Trinajstić information content (AvgIpc) is 2.25. The van der Waals surface area contributed by atoms with E-state index in [0.717, 1.165) is 18.8 Å². The SMILES string of the molecule is COCCCSc1nnccc1C(=N)N. The van der Waals surface area contributed by atoms with Crippen molar-refractivity contribution < 1.29 is 4.74 Å². The van der Waals surface area contributed by atoms with Gasteiger partial charge < -0.3 is 10.5 Å². The van der Waals surface area contributed by atoms with Crippen LogP contribution in [0.5, 0.6) is 0 Å². The van der Waals surface area contributed by atoms with Crippen LogP contribution in [0, 0.1) is 5.41 Å². The van der Waals surface area contributed by atoms with Crippen molar-refractivity contribution in [3.8, 4) is 0 Å². The van der Waals surface area contributed by atoms with Gasteiger partial charge in [-0.25, -0.2) is 0 Å². The molecule has 1 heterocycles. The molecule has 0 aliphatic heterocycles. The molecule has 5 nitrogen and oxygen atoms in total. The number of aromatic nitrogens is 2. The molecule has 0 aliphatic carbocycles. The predicted molar refractivity (Wildman–Crippen MR) is 60.3 cm³/mol. The number of rotatable bonds is 6. The number of ether oxygens (including phenoxy) is 1. The third-order valence-electron chi connectivity index (χ3n) is 1.71. The molecule has 0 radical (unpaired) electrons. The molecule has 0 fully saturated rings. The van der Waals surface area contributed by atoms with Gasteiger partial charge in [-0.2, -0.15) is 5.10 Å². The molecule has 1 aromatic heterocycles. The molecule has 6 heteroatoms. The van der Waals surface area contributed by atoms with E-state index < -0.39 is 0 Å². The fourth-order valence-electron chi connectivity index (χ4n) is 1.00. The normalized spacial score (nSPS) is 10.2. The van der Waals surface area contributed by atoms with Gasteiger partial charge >= 0.3 is 0 Å². The van der Waals surface area contributed by atoms with E-state index in [-0.39, 0.29) is 5.84 Å². The molecular formula is C9H14N4OS. The Labute approximate surface area is 92.9 Å². The first-order valence-electron chi connectivity index (χ1n) is 4.53. The first-order valence-corrected chi connectivity index (χ1v) is 5.52. The Kier molecular flexibility index (Phi) is 5.06. The van der Waals surface area contributed by atoms with Gasteiger partial charge in [0.1, 0.15) is 10.9 Å². The van der Waals surface area contributed by atoms with E-state index in [4.69, 9.17) is 15.9 Å². The van der Waals surface area contributed by atoms with Gasteiger partial charge in [0.05, 0.1) is 11.8 Å². The Hall–Kier alpha value is -1.14. The van der Waals surface area contributed by atoms with Crippen molar-refractivity contribution in [1.82, 2.24) is 10.2 Å². The molecule has 15 heavy (non-hydrogen) atoms. The largest absolute Gasteiger partial charge is 0.385 e. The highest BCUT2D eigenvalue weighted by Crippen LogP contribution is 2.19. The van der Waals surface area contributed by atoms with E-state index in [0.29, 0.717) is 10.6 Å². The summed E-state index contributed by atoms with van der Waals surface area (Å²) in [5, 5.41) is 15.8. The van der Waals surface area contributed by atoms with Crippen LogP contribution in [0.15, 0.2) is 17.3 Å². The average molecular weight is 226 g/mol. The summed E-state index contributed by atoms with van der Waals surface area (Å²) in [6, 6.07) is 1.70. The highest BCUT2D eigenvalue weighted by atomic mass is 32.2. The standard InChI is InChI=1S/C9H14N4OS/c1-14-5-2-6-15-9-7(8(10)11)3-4-12-13-9/h3-4H,2,5-6H2,1H3,(H3,10,11). The lowest BCUT2D eigenvalue weighted by Gasteiger charge is -2.04. The van der Waals surface area contributed by atoms with Gasteiger partial charge in [-0.3, -0.25) is 5.41 Å². The molecule has 1 aromatic rings. The van der Waals surface area contributed by atoms with Crippen LogP contribution in [0.2, 0.25) is 0 Å². The van der Waals surface area contributed by atoms with Gasteiger partial charge in [0.25, 0.3) is 0 Å². The smallest absolute Gasteiger partial charge is 0.130 e. The maximum atomic E-state index is 7.36. The van der Waals surface area contributed by atoms with Crippen LogP contribution in [0.25, 0.3) is 0 Å². The van der Waals surface area contributed by atoms with Crippen molar-refractivity contribution >= 4 is 17.6 Å². The highest BCUT2D eigenvalue weighted by molar-refractivity contribution is 7.99. The second-order valence-corrected chi connectivity index (χ2v) is 3.94. The topological polar surface area (TPSA) is 84.9 Å². The lowest BCUT2D eigenvalue weighted by Crippen LogP contribution is -2.13. The number of nitrogens with zero attached hydrogens (tertiary/aromatic N) is 2. The fraction of sp³-hybridized carbons (Fsp3) is 0.444. The van der Waals surface area contributed by atoms with Crippen LogP contribution in [0.3, 0.4) is 0 Å². The molecule has 82 valence electrons. The molecule has 0 unspecified atom stereocenters. The summed E-state index contributed by atoms with van der Waals surface area (Å²) in [6.07, 6.45) is 2.48. The zero-order valence-electron chi connectivity index (χ0n) is 8.56. The van der Waals surface area contributed by atoms with E-state index in [9.17, 15) is 0 Å². The lowest BCUT2D eigenvalue weighted by molar-refractivity contribution is 0.200. The number of amidine groups is 1. The minimum absolute atomic E-state index is 0.0270. The van der Waals surface area contributed by atoms with E-state index >= 15 is 0 Å². The summed E-state index contributed by atoms with van der Waals surface area (Å²) in [5.41, 5.74) is 6.07. The molecule has 0 aliphatic rings. The molecule has 0 atom stereocenters. The number of methoxy groups -OCH3 is 1. The van der Waals surface area contributed by atoms with E-state index in [1.807, 2.05) is 0 Å². The maximum absolute atomic E-state index is 7.36. The number of nitrogens with two attached hydrogens (primary N) is 1. The van der Waals surface area contributed by atoms with Gasteiger partial charge in [0, 0.05) is 19.5 Å². The molecule has 0 bridgehead atoms. The number of nitrogen functional groups attached to an aromatic ring is 1. The van der Waals surface area contributed by atoms with Crippen molar-refractivity contribution in [3.05, 3.63) is 17.8 Å². The summed E-state index contributed by atoms with van der Waals surface area (Å²) in [5.74, 6) is 0.909. The molecule has 0 spiro atoms. The first-order chi connectivity index (χ1) is 7.25. The quantitative estimate of drug-likeness (QED) is 0.326. The fourth-order valence-corrected chi connectivity index (χ4v) is 1.90. The Morgan fingerprint density at radius 1 is 1.67 bits per heavy atom. The van der Waals surface area contributed by atoms with Crippen molar-refractivity contribution in [2.24, 2.45) is 5.73 Å². The molecule has 0 aromatic carbocycles. The molecule has 0 saturated carbocycles. The van der Waals surface area contributed by atoms with Crippen LogP contribution in [0.4, 0.5) is 0 Å². The van der Waals surface area contributed by atoms with Crippen molar-refractivity contribution in [3.63, 3.8) is 0 Å². The van der Waals surface area contributed by atoms with Crippen molar-refractivity contribution in [2.45, 2.75) is 11.4 Å². The number of hydrogen-bond donors (Lipinski definition) is 2. The Bertz CT molecular complexity index is 332. The van der Waals surface area contributed by atoms with Crippen molar-refractivity contribution in [2.75, 3.05) is 19.5 Å². The van der Waals surface area contributed by atoms with E-state index in [2.05, 4.69) is 10.2 Å². The predicted octanol–water partition coefficient (Wildman–Crippen LogP) is 0.889. The second kappa shape index (κ2) is 6.36. The molecule has 0 saturated heterocycles. The van der Waals surface area contributed by atoms with Gasteiger partial charge in [-0.15, -0.1) is 16.9 Å². The summed E-state index contributed by atoms with van der Waals surface area (Å²) >= 11 is 1.54. The maximum Gasteiger partial charge on any atom is 0.130 e. The van der Waals surface area contributed by atoms with Gasteiger partial charge in [-0.1, -0.05) is 0 Å². The highest BCUT2D eigenvalue weighted by Gasteiger charge is 2.06. The van der Waals surface area contributed by atoms with Gasteiger partial charge in [-0.05, 0) is 12.5 Å². The third kappa shape index (κ3) is 3.85. The summed E-state index contributed by atoms with van der Waals surface area (Å²) in [4.78, 5) is 0. The zero-order chi connectivity index (χ0) is 11.1. The van der Waals surface area contributed by atoms with Gasteiger partial charge in [0.15, 0.2) is 0 Å². The monoisotopic (exact) mass is 226 g/mol. The summed E-state index contributed by atoms with van der Waals surface area (Å²) in [6.45, 7) is 0.725. The van der Waals surface area contributed by atoms with Crippen molar-refractivity contribution in [1.29, 1.82) is 5.41 Å². The number of hydrogen-bond acceptors (Lipinski definition) is 5. The molecule has 3 N–H and O–H groups in total. The van der Waals surface area contributed by atoms with Crippen LogP contribution in [0.1, 0.15) is 12.0 Å². The zero-order valence-corrected chi connectivity index (χ0v) is 9.38. The van der Waals surface area contributed by atoms with Crippen LogP contribution >= 0.6 is 11.8 Å². The van der Waals surface area contributed by atoms with E-state index in [1.165, 1.54) is 6.20 Å². The number of thioether (sulfide) groups is 1. The third-order valence-corrected chi connectivity index (χ3v) is 2.78. The summed E-state index contributed by atoms with van der Waals surface area (Å²) < 4.78 is 4.94. The van der Waals surface area contributed by atoms with Crippen LogP contribution < -0.4 is 5.73 Å². The minimum Gasteiger partial charge on any atom is -0.385 e. The van der Waals surface area contributed by atoms with Crippen LogP contribution in [-0.2, 0) is 4.74 Å². The first kappa shape index (κ1) is 11.9.